The molecule has 6 nitrogen and oxygen atoms in total. The summed E-state index contributed by atoms with van der Waals surface area (Å²) in [5, 5.41) is 0. The maximum atomic E-state index is 6.30. The van der Waals surface area contributed by atoms with Gasteiger partial charge < -0.3 is 0 Å². The van der Waals surface area contributed by atoms with Crippen LogP contribution < -0.4 is 0 Å². The molecule has 312 valence electrons. The number of unbranched alkanes of at least 4 members (excludes halogenated alkanes) is 6. The van der Waals surface area contributed by atoms with Crippen LogP contribution in [0.25, 0.3) is 0 Å². The Morgan fingerprint density at radius 1 is 0.491 bits per heavy atom. The molecule has 0 aromatic heterocycles. The van der Waals surface area contributed by atoms with E-state index in [9.17, 15) is 0 Å². The van der Waals surface area contributed by atoms with Crippen LogP contribution in [0.5, 0.6) is 0 Å². The van der Waals surface area contributed by atoms with Crippen LogP contribution in [-0.2, 0) is 27.9 Å². The third-order valence-corrected chi connectivity index (χ3v) is 102. The van der Waals surface area contributed by atoms with Gasteiger partial charge in [0.05, 0.1) is 0 Å². The third kappa shape index (κ3) is 24.6. The molecule has 2 heterocycles. The van der Waals surface area contributed by atoms with Crippen molar-refractivity contribution in [1.29, 1.82) is 0 Å². The van der Waals surface area contributed by atoms with Gasteiger partial charge in [-0.1, -0.05) is 0 Å². The zero-order chi connectivity index (χ0) is 38.4. The van der Waals surface area contributed by atoms with Crippen LogP contribution in [0.3, 0.4) is 0 Å². The summed E-state index contributed by atoms with van der Waals surface area (Å²) in [5.41, 5.74) is 0. The topological polar surface area (TPSA) is 55.4 Å². The molecule has 0 unspecified atom stereocenters. The Balaban J connectivity index is 1.85. The molecule has 2 saturated heterocycles. The minimum atomic E-state index is -2.57. The predicted molar refractivity (Wildman–Crippen MR) is 258 cm³/mol. The first-order valence-corrected chi connectivity index (χ1v) is 60.5. The van der Waals surface area contributed by atoms with Crippen molar-refractivity contribution in [1.82, 2.24) is 0 Å². The molecule has 53 heavy (non-hydrogen) atoms. The summed E-state index contributed by atoms with van der Waals surface area (Å²) in [6, 6.07) is 0. The summed E-state index contributed by atoms with van der Waals surface area (Å²) in [6.45, 7) is 18.4. The summed E-state index contributed by atoms with van der Waals surface area (Å²) < 4.78 is 46.3. The Hall–Kier alpha value is 4.39. The van der Waals surface area contributed by atoms with Gasteiger partial charge >= 0.3 is 362 Å². The molecule has 2 aliphatic rings. The molecule has 0 amide bonds. The van der Waals surface area contributed by atoms with Crippen molar-refractivity contribution < 1.29 is 27.9 Å². The molecule has 0 aliphatic carbocycles. The van der Waals surface area contributed by atoms with Gasteiger partial charge in [0.25, 0.3) is 0 Å². The average Bonchev–Trinajstić information content (AvgIpc) is 3.18. The summed E-state index contributed by atoms with van der Waals surface area (Å²) in [6.07, 6.45) is 16.0. The minimum absolute atomic E-state index is 0.524. The first-order chi connectivity index (χ1) is 25.9. The zero-order valence-electron chi connectivity index (χ0n) is 34.8. The fourth-order valence-electron chi connectivity index (χ4n) is 6.56. The van der Waals surface area contributed by atoms with Crippen molar-refractivity contribution in [3.05, 3.63) is 0 Å². The van der Waals surface area contributed by atoms with Crippen molar-refractivity contribution >= 4 is 115 Å². The van der Waals surface area contributed by atoms with E-state index in [4.69, 9.17) is 27.9 Å². The molecule has 0 N–H and O–H groups in total. The molecule has 0 spiro atoms. The normalized spacial score (nSPS) is 19.4. The molecule has 2 aliphatic heterocycles. The maximum absolute atomic E-state index is 6.30. The van der Waals surface area contributed by atoms with Crippen molar-refractivity contribution in [2.24, 2.45) is 0 Å². The van der Waals surface area contributed by atoms with Gasteiger partial charge in [0.2, 0.25) is 0 Å². The average molecular weight is 1180 g/mol. The second kappa shape index (κ2) is 34.9. The third-order valence-electron chi connectivity index (χ3n) is 9.68. The number of hydrogen-bond donors (Lipinski definition) is 0. The summed E-state index contributed by atoms with van der Waals surface area (Å²) in [4.78, 5) is 0. The van der Waals surface area contributed by atoms with Gasteiger partial charge in [-0.05, 0) is 0 Å². The Morgan fingerprint density at radius 2 is 0.792 bits per heavy atom. The van der Waals surface area contributed by atoms with Crippen molar-refractivity contribution in [3.8, 4) is 0 Å². The summed E-state index contributed by atoms with van der Waals surface area (Å²) >= 11 is -7.09. The molecule has 0 bridgehead atoms. The summed E-state index contributed by atoms with van der Waals surface area (Å²) in [5.74, 6) is 6.44. The molecule has 0 aromatic carbocycles. The van der Waals surface area contributed by atoms with Crippen LogP contribution >= 0.6 is 53.7 Å². The van der Waals surface area contributed by atoms with E-state index in [1.54, 1.807) is 0 Å². The van der Waals surface area contributed by atoms with E-state index in [-0.39, 0.29) is 0 Å². The van der Waals surface area contributed by atoms with Crippen LogP contribution in [-0.4, -0.2) is 136 Å². The van der Waals surface area contributed by atoms with E-state index in [0.29, 0.717) is 13.2 Å². The molecule has 0 saturated carbocycles. The van der Waals surface area contributed by atoms with Gasteiger partial charge in [-0.3, -0.25) is 0 Å². The van der Waals surface area contributed by atoms with Crippen molar-refractivity contribution in [2.45, 2.75) is 145 Å². The number of hydrogen-bond acceptors (Lipinski definition) is 12. The van der Waals surface area contributed by atoms with E-state index in [0.717, 1.165) is 60.9 Å². The van der Waals surface area contributed by atoms with Gasteiger partial charge in [0, 0.05) is 0 Å². The van der Waals surface area contributed by atoms with E-state index >= 15 is 0 Å². The Kier molecular flexibility index (Phi) is 35.3. The predicted octanol–water partition coefficient (Wildman–Crippen LogP) is 12.6. The standard InChI is InChI=1S/2C6H15BO3S3.6C4H9.3Sn/c2*11-4-1-8-7(9-2-5-12)10-3-6-13;6*1-3-4-2;;;/h2*11-13H,1-6H2;6*1,3-4H2,2H3;;;/q;;;;;;;;3*+2/p-6. The molecule has 17 heteroatoms. The summed E-state index contributed by atoms with van der Waals surface area (Å²) in [7, 11) is 12.9. The van der Waals surface area contributed by atoms with Crippen LogP contribution in [0.4, 0.5) is 0 Å². The Labute approximate surface area is 357 Å². The van der Waals surface area contributed by atoms with E-state index < -0.39 is 61.5 Å². The molecule has 0 radical (unpaired) electrons. The van der Waals surface area contributed by atoms with Crippen molar-refractivity contribution in [3.63, 3.8) is 0 Å². The first-order valence-electron chi connectivity index (χ1n) is 21.5. The van der Waals surface area contributed by atoms with E-state index in [2.05, 4.69) is 95.2 Å². The van der Waals surface area contributed by atoms with Gasteiger partial charge in [0.1, 0.15) is 0 Å². The first kappa shape index (κ1) is 53.5. The van der Waals surface area contributed by atoms with Crippen molar-refractivity contribution in [2.75, 3.05) is 74.2 Å². The van der Waals surface area contributed by atoms with Gasteiger partial charge in [-0.15, -0.1) is 0 Å². The fourth-order valence-corrected chi connectivity index (χ4v) is 96.4. The SMILES string of the molecule is CCC[CH2][Sn]1([CH2]CCC)[S]CCOB(OCC[S][Sn]([CH2]CCC)([CH2]CCC)[S]CCOB2OCC[S][Sn]([CH2]CCC)([CH2]CCC)[S]CCO2)OCC[S]1. The Morgan fingerprint density at radius 3 is 1.08 bits per heavy atom. The fraction of sp³-hybridized carbons (Fsp3) is 1.00. The monoisotopic (exact) mass is 1180 g/mol. The molecular formula is C36H78B2O6S6Sn3. The van der Waals surface area contributed by atoms with Crippen LogP contribution in [0, 0.1) is 0 Å². The van der Waals surface area contributed by atoms with E-state index in [1.807, 2.05) is 0 Å². The van der Waals surface area contributed by atoms with E-state index in [1.165, 1.54) is 104 Å². The molecular weight excluding hydrogens is 1100 g/mol. The van der Waals surface area contributed by atoms with Crippen LogP contribution in [0.1, 0.15) is 119 Å². The van der Waals surface area contributed by atoms with Crippen LogP contribution in [0.2, 0.25) is 26.6 Å². The second-order valence-electron chi connectivity index (χ2n) is 14.2. The quantitative estimate of drug-likeness (QED) is 0.0554. The molecule has 0 aromatic rings. The Bertz CT molecular complexity index is 762. The molecule has 0 atom stereocenters. The van der Waals surface area contributed by atoms with Gasteiger partial charge in [-0.2, -0.15) is 0 Å². The molecule has 2 rings (SSSR count). The number of rotatable bonds is 28. The van der Waals surface area contributed by atoms with Crippen LogP contribution in [0.15, 0.2) is 0 Å². The molecule has 2 fully saturated rings. The second-order valence-corrected chi connectivity index (χ2v) is 94.1. The zero-order valence-corrected chi connectivity index (χ0v) is 48.2. The van der Waals surface area contributed by atoms with Gasteiger partial charge in [0.15, 0.2) is 0 Å². The van der Waals surface area contributed by atoms with Gasteiger partial charge in [-0.25, -0.2) is 0 Å².